The molecule has 2 atom stereocenters. The fourth-order valence-corrected chi connectivity index (χ4v) is 4.79. The first-order valence-electron chi connectivity index (χ1n) is 12.4. The molecule has 13 heteroatoms. The lowest BCUT2D eigenvalue weighted by Gasteiger charge is -2.28. The van der Waals surface area contributed by atoms with Gasteiger partial charge in [0.25, 0.3) is 0 Å². The number of hydrazone groups is 1. The number of halogens is 1. The summed E-state index contributed by atoms with van der Waals surface area (Å²) >= 11 is 2.15. The van der Waals surface area contributed by atoms with Crippen molar-refractivity contribution in [1.82, 2.24) is 16.1 Å². The fraction of sp³-hybridized carbons (Fsp3) is 0.370. The minimum atomic E-state index is -1.13. The molecule has 4 N–H and O–H groups in total. The first-order chi connectivity index (χ1) is 19.2. The smallest absolute Gasteiger partial charge is 0.337 e. The summed E-state index contributed by atoms with van der Waals surface area (Å²) in [4.78, 5) is 24.5. The van der Waals surface area contributed by atoms with Crippen LogP contribution < -0.4 is 35.0 Å². The van der Waals surface area contributed by atoms with Crippen molar-refractivity contribution in [3.05, 3.63) is 56.3 Å². The topological polar surface area (TPSA) is 149 Å². The zero-order valence-corrected chi connectivity index (χ0v) is 25.0. The van der Waals surface area contributed by atoms with Gasteiger partial charge in [-0.05, 0) is 78.8 Å². The summed E-state index contributed by atoms with van der Waals surface area (Å²) in [6, 6.07) is 7.49. The lowest BCUT2D eigenvalue weighted by atomic mass is 9.95. The van der Waals surface area contributed by atoms with Gasteiger partial charge in [0, 0.05) is 5.70 Å². The molecule has 2 amide bonds. The third kappa shape index (κ3) is 7.69. The number of urea groups is 1. The van der Waals surface area contributed by atoms with E-state index in [1.165, 1.54) is 7.11 Å². The van der Waals surface area contributed by atoms with E-state index in [0.717, 1.165) is 9.13 Å². The molecule has 40 heavy (non-hydrogen) atoms. The van der Waals surface area contributed by atoms with Gasteiger partial charge in [-0.3, -0.25) is 5.43 Å². The van der Waals surface area contributed by atoms with Gasteiger partial charge < -0.3 is 39.4 Å². The van der Waals surface area contributed by atoms with E-state index in [2.05, 4.69) is 43.8 Å². The summed E-state index contributed by atoms with van der Waals surface area (Å²) in [7, 11) is 2.86. The van der Waals surface area contributed by atoms with Gasteiger partial charge in [-0.15, -0.1) is 0 Å². The average Bonchev–Trinajstić information content (AvgIpc) is 2.92. The van der Waals surface area contributed by atoms with Crippen LogP contribution in [0.2, 0.25) is 0 Å². The Labute approximate surface area is 246 Å². The molecule has 2 aromatic rings. The van der Waals surface area contributed by atoms with Crippen LogP contribution in [-0.4, -0.2) is 63.6 Å². The highest BCUT2D eigenvalue weighted by atomic mass is 127. The maximum atomic E-state index is 12.4. The fourth-order valence-electron chi connectivity index (χ4n) is 3.94. The SMILES string of the molecule is CCOc1cc([C@@H]2NC(=O)NC(C)=C2C(=O)OC)ccc1OC[C@@H](O)N/N=C/c1cc(I)c(OC)c(OCC)c1. The molecule has 0 unspecified atom stereocenters. The maximum Gasteiger partial charge on any atom is 0.337 e. The van der Waals surface area contributed by atoms with E-state index in [0.29, 0.717) is 47.5 Å². The molecule has 2 aromatic carbocycles. The number of carbonyl (C=O) groups is 2. The minimum absolute atomic E-state index is 0.141. The van der Waals surface area contributed by atoms with Gasteiger partial charge in [-0.2, -0.15) is 5.10 Å². The molecule has 0 bridgehead atoms. The molecule has 0 aliphatic carbocycles. The van der Waals surface area contributed by atoms with Crippen LogP contribution in [0.3, 0.4) is 0 Å². The molecule has 0 saturated carbocycles. The summed E-state index contributed by atoms with van der Waals surface area (Å²) in [5, 5.41) is 19.8. The predicted molar refractivity (Wildman–Crippen MR) is 156 cm³/mol. The number of ether oxygens (including phenoxy) is 5. The molecule has 0 aromatic heterocycles. The summed E-state index contributed by atoms with van der Waals surface area (Å²) in [6.45, 7) is 6.02. The Morgan fingerprint density at radius 2 is 1.85 bits per heavy atom. The number of aliphatic hydroxyl groups is 1. The molecule has 0 fully saturated rings. The lowest BCUT2D eigenvalue weighted by Crippen LogP contribution is -2.45. The van der Waals surface area contributed by atoms with Crippen LogP contribution in [0, 0.1) is 3.57 Å². The van der Waals surface area contributed by atoms with Gasteiger partial charge in [-0.25, -0.2) is 9.59 Å². The van der Waals surface area contributed by atoms with Gasteiger partial charge in [0.15, 0.2) is 29.2 Å². The van der Waals surface area contributed by atoms with Crippen molar-refractivity contribution in [3.8, 4) is 23.0 Å². The largest absolute Gasteiger partial charge is 0.492 e. The number of nitrogens with zero attached hydrogens (tertiary/aromatic N) is 1. The highest BCUT2D eigenvalue weighted by molar-refractivity contribution is 14.1. The lowest BCUT2D eigenvalue weighted by molar-refractivity contribution is -0.136. The Balaban J connectivity index is 1.70. The average molecular weight is 668 g/mol. The van der Waals surface area contributed by atoms with Crippen molar-refractivity contribution in [2.45, 2.75) is 33.0 Å². The summed E-state index contributed by atoms with van der Waals surface area (Å²) < 4.78 is 28.3. The minimum Gasteiger partial charge on any atom is -0.492 e. The number of aliphatic hydroxyl groups excluding tert-OH is 1. The van der Waals surface area contributed by atoms with E-state index >= 15 is 0 Å². The van der Waals surface area contributed by atoms with E-state index in [-0.39, 0.29) is 12.2 Å². The van der Waals surface area contributed by atoms with Crippen LogP contribution in [0.4, 0.5) is 4.79 Å². The molecule has 3 rings (SSSR count). The monoisotopic (exact) mass is 668 g/mol. The molecule has 1 heterocycles. The van der Waals surface area contributed by atoms with Gasteiger partial charge in [0.2, 0.25) is 0 Å². The molecule has 0 radical (unpaired) electrons. The Morgan fingerprint density at radius 1 is 1.12 bits per heavy atom. The summed E-state index contributed by atoms with van der Waals surface area (Å²) in [5.41, 5.74) is 4.64. The van der Waals surface area contributed by atoms with Crippen molar-refractivity contribution in [3.63, 3.8) is 0 Å². The first kappa shape index (κ1) is 30.8. The van der Waals surface area contributed by atoms with E-state index in [4.69, 9.17) is 23.7 Å². The van der Waals surface area contributed by atoms with Crippen LogP contribution in [-0.2, 0) is 9.53 Å². The molecular formula is C27H33IN4O8. The molecule has 1 aliphatic rings. The summed E-state index contributed by atoms with van der Waals surface area (Å²) in [6.07, 6.45) is 0.421. The van der Waals surface area contributed by atoms with Gasteiger partial charge in [0.1, 0.15) is 6.61 Å². The van der Waals surface area contributed by atoms with Crippen LogP contribution in [0.1, 0.15) is 37.9 Å². The molecule has 1 aliphatic heterocycles. The Hall–Kier alpha value is -3.72. The number of benzene rings is 2. The number of amides is 2. The van der Waals surface area contributed by atoms with Crippen LogP contribution in [0.25, 0.3) is 0 Å². The standard InChI is InChI=1S/C27H33IN4O8/c1-6-38-20-12-17(24-23(26(34)37-5)15(3)30-27(35)31-24)8-9-19(20)40-14-22(33)32-29-13-16-10-18(28)25(36-4)21(11-16)39-7-2/h8-13,22,24,32-33H,6-7,14H2,1-5H3,(H2,30,31,35)/b29-13+/t22-,24+/m1/s1. The molecule has 12 nitrogen and oxygen atoms in total. The highest BCUT2D eigenvalue weighted by Crippen LogP contribution is 2.35. The number of rotatable bonds is 13. The molecule has 0 saturated heterocycles. The first-order valence-corrected chi connectivity index (χ1v) is 13.5. The second kappa shape index (κ2) is 14.6. The Kier molecular flexibility index (Phi) is 11.3. The quantitative estimate of drug-likeness (QED) is 0.0831. The predicted octanol–water partition coefficient (Wildman–Crippen LogP) is 3.22. The molecule has 216 valence electrons. The van der Waals surface area contributed by atoms with Gasteiger partial charge in [-0.1, -0.05) is 6.07 Å². The van der Waals surface area contributed by atoms with Crippen LogP contribution >= 0.6 is 22.6 Å². The van der Waals surface area contributed by atoms with E-state index in [1.807, 2.05) is 19.9 Å². The van der Waals surface area contributed by atoms with E-state index < -0.39 is 24.3 Å². The van der Waals surface area contributed by atoms with Gasteiger partial charge in [0.05, 0.1) is 48.8 Å². The van der Waals surface area contributed by atoms with Crippen molar-refractivity contribution in [2.24, 2.45) is 5.10 Å². The third-order valence-corrected chi connectivity index (χ3v) is 6.45. The van der Waals surface area contributed by atoms with Crippen molar-refractivity contribution < 1.29 is 38.4 Å². The van der Waals surface area contributed by atoms with Crippen molar-refractivity contribution in [2.75, 3.05) is 34.0 Å². The Morgan fingerprint density at radius 3 is 2.52 bits per heavy atom. The van der Waals surface area contributed by atoms with E-state index in [9.17, 15) is 14.7 Å². The number of methoxy groups -OCH3 is 2. The number of hydrogen-bond donors (Lipinski definition) is 4. The second-order valence-corrected chi connectivity index (χ2v) is 9.54. The Bertz CT molecular complexity index is 1280. The van der Waals surface area contributed by atoms with Crippen molar-refractivity contribution in [1.29, 1.82) is 0 Å². The number of nitrogens with one attached hydrogen (secondary N) is 3. The molecule has 0 spiro atoms. The van der Waals surface area contributed by atoms with Crippen molar-refractivity contribution >= 4 is 40.8 Å². The maximum absolute atomic E-state index is 12.4. The van der Waals surface area contributed by atoms with E-state index in [1.54, 1.807) is 44.5 Å². The summed E-state index contributed by atoms with van der Waals surface area (Å²) in [5.74, 6) is 1.42. The number of hydrogen-bond acceptors (Lipinski definition) is 10. The molecular weight excluding hydrogens is 635 g/mol. The second-order valence-electron chi connectivity index (χ2n) is 8.38. The number of allylic oxidation sites excluding steroid dienone is 1. The third-order valence-electron chi connectivity index (χ3n) is 5.65. The normalized spacial score (nSPS) is 15.7. The zero-order chi connectivity index (χ0) is 29.2. The zero-order valence-electron chi connectivity index (χ0n) is 22.9. The number of esters is 1. The highest BCUT2D eigenvalue weighted by Gasteiger charge is 2.32. The number of carbonyl (C=O) groups excluding carboxylic acids is 2. The van der Waals surface area contributed by atoms with Crippen LogP contribution in [0.15, 0.2) is 46.7 Å². The van der Waals surface area contributed by atoms with Crippen LogP contribution in [0.5, 0.6) is 23.0 Å². The van der Waals surface area contributed by atoms with Gasteiger partial charge >= 0.3 is 12.0 Å².